The number of carbonyl (C=O) groups is 1. The van der Waals surface area contributed by atoms with Crippen LogP contribution >= 0.6 is 12.4 Å². The lowest BCUT2D eigenvalue weighted by Crippen LogP contribution is -2.30. The average Bonchev–Trinajstić information content (AvgIpc) is 2.62. The van der Waals surface area contributed by atoms with Gasteiger partial charge in [-0.1, -0.05) is 0 Å². The first-order valence-corrected chi connectivity index (χ1v) is 6.19. The van der Waals surface area contributed by atoms with Crippen LogP contribution < -0.4 is 10.6 Å². The van der Waals surface area contributed by atoms with Gasteiger partial charge in [0.25, 0.3) is 0 Å². The molecule has 3 N–H and O–H groups in total. The molecular weight excluding hydrogens is 252 g/mol. The lowest BCUT2D eigenvalue weighted by Gasteiger charge is -2.21. The minimum atomic E-state index is 0. The number of hydrogen-bond donors (Lipinski definition) is 3. The average molecular weight is 273 g/mol. The Hall–Kier alpha value is -1.07. The molecule has 1 aliphatic rings. The van der Waals surface area contributed by atoms with Gasteiger partial charge in [-0.15, -0.1) is 12.4 Å². The van der Waals surface area contributed by atoms with E-state index in [1.807, 2.05) is 13.8 Å². The van der Waals surface area contributed by atoms with Gasteiger partial charge in [-0.25, -0.2) is 0 Å². The van der Waals surface area contributed by atoms with E-state index >= 15 is 0 Å². The number of halogens is 1. The number of nitrogens with one attached hydrogen (secondary N) is 3. The third kappa shape index (κ3) is 3.71. The van der Waals surface area contributed by atoms with Crippen molar-refractivity contribution >= 4 is 24.0 Å². The molecule has 0 aromatic carbocycles. The Labute approximate surface area is 114 Å². The van der Waals surface area contributed by atoms with Gasteiger partial charge in [-0.05, 0) is 45.7 Å². The number of hydrogen-bond acceptors (Lipinski definition) is 3. The Bertz CT molecular complexity index is 379. The smallest absolute Gasteiger partial charge is 0.224 e. The number of amides is 1. The molecular formula is C12H21ClN4O. The van der Waals surface area contributed by atoms with E-state index in [0.717, 1.165) is 43.0 Å². The second-order valence-electron chi connectivity index (χ2n) is 4.75. The van der Waals surface area contributed by atoms with Crippen LogP contribution in [0.2, 0.25) is 0 Å². The molecule has 18 heavy (non-hydrogen) atoms. The Balaban J connectivity index is 0.00000162. The summed E-state index contributed by atoms with van der Waals surface area (Å²) in [4.78, 5) is 11.9. The van der Waals surface area contributed by atoms with Gasteiger partial charge in [0.05, 0.1) is 17.1 Å². The van der Waals surface area contributed by atoms with Crippen LogP contribution in [-0.2, 0) is 4.79 Å². The fourth-order valence-electron chi connectivity index (χ4n) is 2.27. The maximum absolute atomic E-state index is 11.9. The molecule has 102 valence electrons. The van der Waals surface area contributed by atoms with E-state index in [1.165, 1.54) is 0 Å². The van der Waals surface area contributed by atoms with Crippen molar-refractivity contribution in [2.24, 2.45) is 5.92 Å². The van der Waals surface area contributed by atoms with E-state index in [4.69, 9.17) is 0 Å². The normalized spacial score (nSPS) is 16.1. The van der Waals surface area contributed by atoms with E-state index in [9.17, 15) is 4.79 Å². The maximum Gasteiger partial charge on any atom is 0.224 e. The van der Waals surface area contributed by atoms with Gasteiger partial charge in [0, 0.05) is 6.42 Å². The lowest BCUT2D eigenvalue weighted by atomic mass is 9.94. The Morgan fingerprint density at radius 1 is 1.39 bits per heavy atom. The van der Waals surface area contributed by atoms with E-state index in [1.54, 1.807) is 0 Å². The molecule has 0 saturated carbocycles. The number of piperidine rings is 1. The number of rotatable bonds is 3. The van der Waals surface area contributed by atoms with Crippen molar-refractivity contribution in [1.29, 1.82) is 0 Å². The molecule has 0 bridgehead atoms. The quantitative estimate of drug-likeness (QED) is 0.786. The molecule has 1 aromatic rings. The summed E-state index contributed by atoms with van der Waals surface area (Å²) in [6.45, 7) is 5.87. The maximum atomic E-state index is 11.9. The predicted octanol–water partition coefficient (Wildman–Crippen LogP) is 1.78. The molecule has 1 saturated heterocycles. The lowest BCUT2D eigenvalue weighted by molar-refractivity contribution is -0.117. The summed E-state index contributed by atoms with van der Waals surface area (Å²) >= 11 is 0. The van der Waals surface area contributed by atoms with Crippen LogP contribution in [0.5, 0.6) is 0 Å². The molecule has 1 aliphatic heterocycles. The summed E-state index contributed by atoms with van der Waals surface area (Å²) in [5.74, 6) is 0.619. The predicted molar refractivity (Wildman–Crippen MR) is 74.2 cm³/mol. The van der Waals surface area contributed by atoms with Gasteiger partial charge in [-0.3, -0.25) is 9.89 Å². The van der Waals surface area contributed by atoms with Crippen molar-refractivity contribution in [3.63, 3.8) is 0 Å². The highest BCUT2D eigenvalue weighted by molar-refractivity contribution is 5.92. The van der Waals surface area contributed by atoms with E-state index in [-0.39, 0.29) is 18.3 Å². The minimum Gasteiger partial charge on any atom is -0.323 e. The van der Waals surface area contributed by atoms with Crippen molar-refractivity contribution in [3.8, 4) is 0 Å². The first-order chi connectivity index (χ1) is 8.16. The Morgan fingerprint density at radius 3 is 2.61 bits per heavy atom. The zero-order chi connectivity index (χ0) is 12.3. The molecule has 6 heteroatoms. The van der Waals surface area contributed by atoms with Crippen LogP contribution in [0.15, 0.2) is 0 Å². The fraction of sp³-hybridized carbons (Fsp3) is 0.667. The third-order valence-corrected chi connectivity index (χ3v) is 3.33. The molecule has 0 radical (unpaired) electrons. The third-order valence-electron chi connectivity index (χ3n) is 3.33. The van der Waals surface area contributed by atoms with Gasteiger partial charge < -0.3 is 10.6 Å². The van der Waals surface area contributed by atoms with E-state index in [2.05, 4.69) is 20.8 Å². The van der Waals surface area contributed by atoms with Gasteiger partial charge in [0.2, 0.25) is 5.91 Å². The van der Waals surface area contributed by atoms with E-state index < -0.39 is 0 Å². The van der Waals surface area contributed by atoms with Crippen LogP contribution in [0.1, 0.15) is 30.7 Å². The highest BCUT2D eigenvalue weighted by atomic mass is 35.5. The summed E-state index contributed by atoms with van der Waals surface area (Å²) in [6, 6.07) is 0. The fourth-order valence-corrected chi connectivity index (χ4v) is 2.27. The molecule has 0 atom stereocenters. The first-order valence-electron chi connectivity index (χ1n) is 6.19. The van der Waals surface area contributed by atoms with Crippen LogP contribution in [-0.4, -0.2) is 29.2 Å². The van der Waals surface area contributed by atoms with Crippen LogP contribution in [0.3, 0.4) is 0 Å². The van der Waals surface area contributed by atoms with Crippen LogP contribution in [0, 0.1) is 19.8 Å². The number of anilines is 1. The van der Waals surface area contributed by atoms with E-state index in [0.29, 0.717) is 12.3 Å². The molecule has 1 fully saturated rings. The number of nitrogens with zero attached hydrogens (tertiary/aromatic N) is 1. The highest BCUT2D eigenvalue weighted by Crippen LogP contribution is 2.19. The number of aromatic nitrogens is 2. The molecule has 5 nitrogen and oxygen atoms in total. The van der Waals surface area contributed by atoms with Crippen molar-refractivity contribution < 1.29 is 4.79 Å². The van der Waals surface area contributed by atoms with Crippen molar-refractivity contribution in [2.45, 2.75) is 33.1 Å². The molecule has 0 aliphatic carbocycles. The molecule has 2 heterocycles. The zero-order valence-electron chi connectivity index (χ0n) is 10.9. The molecule has 1 amide bonds. The second kappa shape index (κ2) is 6.75. The summed E-state index contributed by atoms with van der Waals surface area (Å²) < 4.78 is 0. The van der Waals surface area contributed by atoms with Gasteiger partial charge in [-0.2, -0.15) is 5.10 Å². The topological polar surface area (TPSA) is 69.8 Å². The van der Waals surface area contributed by atoms with Crippen LogP contribution in [0.25, 0.3) is 0 Å². The standard InChI is InChI=1S/C12H20N4O.ClH/c1-8-12(9(2)16-15-8)14-11(17)7-10-3-5-13-6-4-10;/h10,13H,3-7H2,1-2H3,(H,14,17)(H,15,16);1H. The van der Waals surface area contributed by atoms with Crippen molar-refractivity contribution in [3.05, 3.63) is 11.4 Å². The summed E-state index contributed by atoms with van der Waals surface area (Å²) in [6.07, 6.45) is 2.80. The monoisotopic (exact) mass is 272 g/mol. The van der Waals surface area contributed by atoms with Gasteiger partial charge in [0.15, 0.2) is 0 Å². The largest absolute Gasteiger partial charge is 0.323 e. The Morgan fingerprint density at radius 2 is 2.06 bits per heavy atom. The summed E-state index contributed by atoms with van der Waals surface area (Å²) in [7, 11) is 0. The molecule has 2 rings (SSSR count). The molecule has 1 aromatic heterocycles. The summed E-state index contributed by atoms with van der Waals surface area (Å²) in [5.41, 5.74) is 2.60. The zero-order valence-corrected chi connectivity index (χ0v) is 11.7. The SMILES string of the molecule is Cc1n[nH]c(C)c1NC(=O)CC1CCNCC1.Cl. The second-order valence-corrected chi connectivity index (χ2v) is 4.75. The number of H-pyrrole nitrogens is 1. The Kier molecular flexibility index (Phi) is 5.62. The van der Waals surface area contributed by atoms with Crippen molar-refractivity contribution in [1.82, 2.24) is 15.5 Å². The first kappa shape index (κ1) is 15.0. The summed E-state index contributed by atoms with van der Waals surface area (Å²) in [5, 5.41) is 13.2. The number of aromatic amines is 1. The minimum absolute atomic E-state index is 0. The van der Waals surface area contributed by atoms with Crippen molar-refractivity contribution in [2.75, 3.05) is 18.4 Å². The number of carbonyl (C=O) groups excluding carboxylic acids is 1. The van der Waals surface area contributed by atoms with Crippen LogP contribution in [0.4, 0.5) is 5.69 Å². The highest BCUT2D eigenvalue weighted by Gasteiger charge is 2.18. The van der Waals surface area contributed by atoms with Gasteiger partial charge >= 0.3 is 0 Å². The van der Waals surface area contributed by atoms with Gasteiger partial charge in [0.1, 0.15) is 0 Å². The number of aryl methyl sites for hydroxylation is 2. The molecule has 0 spiro atoms. The molecule has 0 unspecified atom stereocenters.